The number of pyridine rings is 1. The van der Waals surface area contributed by atoms with Crippen molar-refractivity contribution in [2.45, 2.75) is 13.3 Å². The fourth-order valence-corrected chi connectivity index (χ4v) is 2.36. The van der Waals surface area contributed by atoms with Gasteiger partial charge in [0.25, 0.3) is 0 Å². The molecule has 1 heterocycles. The normalized spacial score (nSPS) is 11.6. The summed E-state index contributed by atoms with van der Waals surface area (Å²) < 4.78 is 25.7. The predicted molar refractivity (Wildman–Crippen MR) is 68.3 cm³/mol. The zero-order valence-electron chi connectivity index (χ0n) is 10.0. The number of hydrogen-bond acceptors (Lipinski definition) is 4. The number of rotatable bonds is 8. The molecule has 2 N–H and O–H groups in total. The summed E-state index contributed by atoms with van der Waals surface area (Å²) in [5.74, 6) is 0.0795. The predicted octanol–water partition coefficient (Wildman–Crippen LogP) is 0.153. The van der Waals surface area contributed by atoms with Gasteiger partial charge in [0.05, 0.1) is 5.75 Å². The van der Waals surface area contributed by atoms with Gasteiger partial charge >= 0.3 is 0 Å². The van der Waals surface area contributed by atoms with Crippen molar-refractivity contribution in [2.75, 3.05) is 25.4 Å². The van der Waals surface area contributed by atoms with E-state index in [9.17, 15) is 8.42 Å². The molecular formula is C11H19N3O2S. The van der Waals surface area contributed by atoms with Gasteiger partial charge in [-0.25, -0.2) is 13.1 Å². The standard InChI is InChI=1S/C11H19N3O2S/c1-2-12-8-9-14-17(15,16)10-6-11-5-3-4-7-13-11/h3-5,7,12,14H,2,6,8-10H2,1H3. The monoisotopic (exact) mass is 257 g/mol. The Morgan fingerprint density at radius 2 is 2.12 bits per heavy atom. The molecule has 0 radical (unpaired) electrons. The molecule has 17 heavy (non-hydrogen) atoms. The molecule has 0 aliphatic heterocycles. The first kappa shape index (κ1) is 14.1. The van der Waals surface area contributed by atoms with E-state index in [1.165, 1.54) is 0 Å². The molecule has 0 amide bonds. The third-order valence-electron chi connectivity index (χ3n) is 2.23. The minimum Gasteiger partial charge on any atom is -0.316 e. The van der Waals surface area contributed by atoms with Crippen LogP contribution in [0.15, 0.2) is 24.4 Å². The Morgan fingerprint density at radius 1 is 1.29 bits per heavy atom. The molecule has 0 aliphatic carbocycles. The Balaban J connectivity index is 2.30. The molecule has 5 nitrogen and oxygen atoms in total. The van der Waals surface area contributed by atoms with Crippen LogP contribution in [0.4, 0.5) is 0 Å². The van der Waals surface area contributed by atoms with Crippen LogP contribution in [0.5, 0.6) is 0 Å². The maximum Gasteiger partial charge on any atom is 0.212 e. The Hall–Kier alpha value is -0.980. The highest BCUT2D eigenvalue weighted by Crippen LogP contribution is 1.97. The Labute approximate surface area is 103 Å². The number of nitrogens with one attached hydrogen (secondary N) is 2. The third kappa shape index (κ3) is 6.35. The third-order valence-corrected chi connectivity index (χ3v) is 3.61. The van der Waals surface area contributed by atoms with E-state index in [0.29, 0.717) is 19.5 Å². The molecule has 6 heteroatoms. The number of likely N-dealkylation sites (N-methyl/N-ethyl adjacent to an activating group) is 1. The first-order valence-corrected chi connectivity index (χ1v) is 7.37. The summed E-state index contributed by atoms with van der Waals surface area (Å²) >= 11 is 0. The van der Waals surface area contributed by atoms with Gasteiger partial charge in [0, 0.05) is 31.4 Å². The van der Waals surface area contributed by atoms with Gasteiger partial charge in [0.2, 0.25) is 10.0 Å². The fraction of sp³-hybridized carbons (Fsp3) is 0.545. The van der Waals surface area contributed by atoms with Crippen LogP contribution in [0, 0.1) is 0 Å². The lowest BCUT2D eigenvalue weighted by Gasteiger charge is -2.06. The van der Waals surface area contributed by atoms with Crippen molar-refractivity contribution >= 4 is 10.0 Å². The molecule has 0 spiro atoms. The molecule has 0 saturated heterocycles. The van der Waals surface area contributed by atoms with Crippen LogP contribution >= 0.6 is 0 Å². The molecular weight excluding hydrogens is 238 g/mol. The lowest BCUT2D eigenvalue weighted by atomic mass is 10.3. The van der Waals surface area contributed by atoms with Crippen molar-refractivity contribution in [1.29, 1.82) is 0 Å². The van der Waals surface area contributed by atoms with Crippen LogP contribution in [0.2, 0.25) is 0 Å². The summed E-state index contributed by atoms with van der Waals surface area (Å²) in [5.41, 5.74) is 0.796. The average Bonchev–Trinajstić information content (AvgIpc) is 2.34. The van der Waals surface area contributed by atoms with Crippen LogP contribution in [-0.2, 0) is 16.4 Å². The minimum absolute atomic E-state index is 0.0795. The van der Waals surface area contributed by atoms with Crippen LogP contribution in [0.1, 0.15) is 12.6 Å². The van der Waals surface area contributed by atoms with Gasteiger partial charge < -0.3 is 5.32 Å². The molecule has 0 aromatic carbocycles. The summed E-state index contributed by atoms with van der Waals surface area (Å²) in [6, 6.07) is 5.49. The second-order valence-corrected chi connectivity index (χ2v) is 5.56. The minimum atomic E-state index is -3.19. The second-order valence-electron chi connectivity index (χ2n) is 3.64. The molecule has 0 atom stereocenters. The van der Waals surface area contributed by atoms with Crippen LogP contribution in [-0.4, -0.2) is 38.8 Å². The lowest BCUT2D eigenvalue weighted by molar-refractivity contribution is 0.576. The van der Waals surface area contributed by atoms with E-state index in [0.717, 1.165) is 12.2 Å². The smallest absolute Gasteiger partial charge is 0.212 e. The molecule has 1 aromatic rings. The number of nitrogens with zero attached hydrogens (tertiary/aromatic N) is 1. The molecule has 1 aromatic heterocycles. The van der Waals surface area contributed by atoms with Crippen LogP contribution in [0.25, 0.3) is 0 Å². The van der Waals surface area contributed by atoms with E-state index in [1.54, 1.807) is 6.20 Å². The van der Waals surface area contributed by atoms with Gasteiger partial charge in [-0.2, -0.15) is 0 Å². The van der Waals surface area contributed by atoms with Crippen molar-refractivity contribution in [2.24, 2.45) is 0 Å². The maximum absolute atomic E-state index is 11.6. The van der Waals surface area contributed by atoms with Crippen molar-refractivity contribution in [3.05, 3.63) is 30.1 Å². The first-order valence-electron chi connectivity index (χ1n) is 5.72. The summed E-state index contributed by atoms with van der Waals surface area (Å²) in [5, 5.41) is 3.06. The largest absolute Gasteiger partial charge is 0.316 e. The highest BCUT2D eigenvalue weighted by Gasteiger charge is 2.09. The zero-order chi connectivity index (χ0) is 12.6. The number of sulfonamides is 1. The van der Waals surface area contributed by atoms with Gasteiger partial charge in [-0.1, -0.05) is 13.0 Å². The summed E-state index contributed by atoms with van der Waals surface area (Å²) in [6.45, 7) is 3.91. The van der Waals surface area contributed by atoms with E-state index >= 15 is 0 Å². The number of aromatic nitrogens is 1. The topological polar surface area (TPSA) is 71.1 Å². The molecule has 0 fully saturated rings. The van der Waals surface area contributed by atoms with Gasteiger partial charge in [-0.15, -0.1) is 0 Å². The second kappa shape index (κ2) is 7.37. The van der Waals surface area contributed by atoms with Gasteiger partial charge in [0.1, 0.15) is 0 Å². The van der Waals surface area contributed by atoms with Crippen LogP contribution in [0.3, 0.4) is 0 Å². The molecule has 1 rings (SSSR count). The lowest BCUT2D eigenvalue weighted by Crippen LogP contribution is -2.33. The molecule has 0 saturated carbocycles. The number of aryl methyl sites for hydroxylation is 1. The zero-order valence-corrected chi connectivity index (χ0v) is 10.8. The van der Waals surface area contributed by atoms with Crippen LogP contribution < -0.4 is 10.0 Å². The SMILES string of the molecule is CCNCCNS(=O)(=O)CCc1ccccn1. The van der Waals surface area contributed by atoms with E-state index in [1.807, 2.05) is 25.1 Å². The van der Waals surface area contributed by atoms with E-state index < -0.39 is 10.0 Å². The first-order chi connectivity index (χ1) is 8.14. The van der Waals surface area contributed by atoms with E-state index in [-0.39, 0.29) is 5.75 Å². The van der Waals surface area contributed by atoms with Crippen molar-refractivity contribution < 1.29 is 8.42 Å². The van der Waals surface area contributed by atoms with Crippen molar-refractivity contribution in [3.8, 4) is 0 Å². The van der Waals surface area contributed by atoms with E-state index in [2.05, 4.69) is 15.0 Å². The molecule has 0 unspecified atom stereocenters. The van der Waals surface area contributed by atoms with Gasteiger partial charge in [-0.05, 0) is 18.7 Å². The van der Waals surface area contributed by atoms with Crippen molar-refractivity contribution in [3.63, 3.8) is 0 Å². The highest BCUT2D eigenvalue weighted by molar-refractivity contribution is 7.89. The maximum atomic E-state index is 11.6. The Kier molecular flexibility index (Phi) is 6.10. The van der Waals surface area contributed by atoms with E-state index in [4.69, 9.17) is 0 Å². The number of hydrogen-bond donors (Lipinski definition) is 2. The molecule has 96 valence electrons. The Bertz CT molecular complexity index is 406. The van der Waals surface area contributed by atoms with Gasteiger partial charge in [-0.3, -0.25) is 4.98 Å². The molecule has 0 bridgehead atoms. The van der Waals surface area contributed by atoms with Gasteiger partial charge in [0.15, 0.2) is 0 Å². The summed E-state index contributed by atoms with van der Waals surface area (Å²) in [7, 11) is -3.19. The highest BCUT2D eigenvalue weighted by atomic mass is 32.2. The van der Waals surface area contributed by atoms with Crippen molar-refractivity contribution in [1.82, 2.24) is 15.0 Å². The fourth-order valence-electron chi connectivity index (χ4n) is 1.33. The molecule has 0 aliphatic rings. The summed E-state index contributed by atoms with van der Waals surface area (Å²) in [4.78, 5) is 4.09. The Morgan fingerprint density at radius 3 is 2.76 bits per heavy atom. The quantitative estimate of drug-likeness (QED) is 0.651. The summed E-state index contributed by atoms with van der Waals surface area (Å²) in [6.07, 6.45) is 2.11. The average molecular weight is 257 g/mol.